The Morgan fingerprint density at radius 1 is 0.318 bits per heavy atom. The second-order valence-corrected chi connectivity index (χ2v) is 18.8. The molecule has 0 spiro atoms. The van der Waals surface area contributed by atoms with Gasteiger partial charge in [0.25, 0.3) is 0 Å². The minimum Gasteiger partial charge on any atom is -0.309 e. The van der Waals surface area contributed by atoms with Crippen molar-refractivity contribution in [2.75, 3.05) is 0 Å². The lowest BCUT2D eigenvalue weighted by molar-refractivity contribution is 0.660. The van der Waals surface area contributed by atoms with Crippen LogP contribution in [0.1, 0.15) is 47.2 Å². The van der Waals surface area contributed by atoms with E-state index < -0.39 is 5.41 Å². The van der Waals surface area contributed by atoms with Crippen LogP contribution in [-0.4, -0.2) is 9.13 Å². The molecule has 0 bridgehead atoms. The van der Waals surface area contributed by atoms with Crippen LogP contribution in [0.3, 0.4) is 0 Å². The molecule has 14 rings (SSSR count). The summed E-state index contributed by atoms with van der Waals surface area (Å²) in [7, 11) is 0. The topological polar surface area (TPSA) is 9.86 Å². The fourth-order valence-corrected chi connectivity index (χ4v) is 12.2. The first-order chi connectivity index (χ1) is 32.5. The molecule has 10 aromatic carbocycles. The fraction of sp³-hybridized carbons (Fsp3) is 0.0625. The SMILES string of the molecule is CC1(C)c2ccccc2-c2ccc(-n3c4ccc(-c5ccccc5)cc4c4cc(-c5ccc6c(c5)c5cccc7c5n6-c5ccccc5C7(c5ccccc5)c5ccccc5)ccc43)cc21. The standard InChI is InChI=1S/C64H44N2/c1-63(2)54-25-13-12-23-48(54)49-33-32-47(40-57(49)63)65-58-34-29-42(41-17-6-3-7-18-41)37-52(58)53-39-44(30-35-59(53)65)43-31-36-60-51(38-43)50-24-16-27-56-62(50)66(60)61-28-15-14-26-55(61)64(56,45-19-8-4-9-20-45)46-21-10-5-11-22-46/h3-40H,1-2H3. The average Bonchev–Trinajstić information content (AvgIpc) is 3.97. The lowest BCUT2D eigenvalue weighted by Gasteiger charge is -2.41. The third kappa shape index (κ3) is 4.96. The number of fused-ring (bicyclic) bond motifs is 11. The van der Waals surface area contributed by atoms with Gasteiger partial charge in [-0.2, -0.15) is 0 Å². The summed E-state index contributed by atoms with van der Waals surface area (Å²) in [5.41, 5.74) is 22.1. The van der Waals surface area contributed by atoms with Gasteiger partial charge in [-0.15, -0.1) is 0 Å². The van der Waals surface area contributed by atoms with E-state index in [9.17, 15) is 0 Å². The Morgan fingerprint density at radius 3 is 1.47 bits per heavy atom. The largest absolute Gasteiger partial charge is 0.309 e. The van der Waals surface area contributed by atoms with Crippen LogP contribution in [0.25, 0.3) is 88.4 Å². The summed E-state index contributed by atoms with van der Waals surface area (Å²) < 4.78 is 5.02. The van der Waals surface area contributed by atoms with Gasteiger partial charge in [-0.25, -0.2) is 0 Å². The molecule has 0 fully saturated rings. The first-order valence-corrected chi connectivity index (χ1v) is 23.2. The Kier molecular flexibility index (Phi) is 7.70. The molecule has 1 aliphatic carbocycles. The highest BCUT2D eigenvalue weighted by Crippen LogP contribution is 2.55. The molecule has 0 unspecified atom stereocenters. The lowest BCUT2D eigenvalue weighted by atomic mass is 9.63. The van der Waals surface area contributed by atoms with Gasteiger partial charge in [-0.3, -0.25) is 0 Å². The highest BCUT2D eigenvalue weighted by atomic mass is 15.0. The first kappa shape index (κ1) is 37.2. The molecular formula is C64H44N2. The molecule has 0 saturated heterocycles. The molecule has 2 heteroatoms. The molecule has 0 amide bonds. The van der Waals surface area contributed by atoms with Crippen molar-refractivity contribution < 1.29 is 0 Å². The van der Waals surface area contributed by atoms with Crippen LogP contribution in [-0.2, 0) is 10.8 Å². The smallest absolute Gasteiger partial charge is 0.0742 e. The molecule has 0 radical (unpaired) electrons. The summed E-state index contributed by atoms with van der Waals surface area (Å²) in [6.45, 7) is 4.74. The zero-order valence-corrected chi connectivity index (χ0v) is 36.8. The van der Waals surface area contributed by atoms with Crippen molar-refractivity contribution in [3.05, 3.63) is 264 Å². The van der Waals surface area contributed by atoms with E-state index in [4.69, 9.17) is 0 Å². The Hall–Kier alpha value is -8.20. The van der Waals surface area contributed by atoms with E-state index in [1.165, 1.54) is 122 Å². The minimum atomic E-state index is -0.498. The highest BCUT2D eigenvalue weighted by molar-refractivity contribution is 6.15. The van der Waals surface area contributed by atoms with Crippen LogP contribution >= 0.6 is 0 Å². The average molecular weight is 841 g/mol. The van der Waals surface area contributed by atoms with Crippen LogP contribution in [0.4, 0.5) is 0 Å². The molecule has 2 aliphatic rings. The van der Waals surface area contributed by atoms with Gasteiger partial charge in [0.2, 0.25) is 0 Å². The van der Waals surface area contributed by atoms with E-state index in [-0.39, 0.29) is 5.41 Å². The van der Waals surface area contributed by atoms with Crippen molar-refractivity contribution in [1.82, 2.24) is 9.13 Å². The second-order valence-electron chi connectivity index (χ2n) is 18.8. The first-order valence-electron chi connectivity index (χ1n) is 23.2. The van der Waals surface area contributed by atoms with Crippen molar-refractivity contribution in [2.24, 2.45) is 0 Å². The monoisotopic (exact) mass is 840 g/mol. The summed E-state index contributed by atoms with van der Waals surface area (Å²) in [6, 6.07) is 86.3. The van der Waals surface area contributed by atoms with Crippen molar-refractivity contribution >= 4 is 43.6 Å². The third-order valence-corrected chi connectivity index (χ3v) is 15.2. The van der Waals surface area contributed by atoms with Gasteiger partial charge in [-0.05, 0) is 121 Å². The summed E-state index contributed by atoms with van der Waals surface area (Å²) >= 11 is 0. The van der Waals surface area contributed by atoms with Gasteiger partial charge in [0.15, 0.2) is 0 Å². The second kappa shape index (κ2) is 13.7. The van der Waals surface area contributed by atoms with E-state index in [0.717, 1.165) is 0 Å². The summed E-state index contributed by atoms with van der Waals surface area (Å²) in [5, 5.41) is 5.02. The van der Waals surface area contributed by atoms with Crippen LogP contribution in [0, 0.1) is 0 Å². The number of aromatic nitrogens is 2. The molecule has 310 valence electrons. The van der Waals surface area contributed by atoms with Crippen LogP contribution in [0.15, 0.2) is 231 Å². The van der Waals surface area contributed by atoms with Gasteiger partial charge in [-0.1, -0.05) is 190 Å². The maximum Gasteiger partial charge on any atom is 0.0742 e. The molecular weight excluding hydrogens is 797 g/mol. The van der Waals surface area contributed by atoms with Crippen molar-refractivity contribution in [1.29, 1.82) is 0 Å². The van der Waals surface area contributed by atoms with E-state index >= 15 is 0 Å². The number of hydrogen-bond acceptors (Lipinski definition) is 0. The van der Waals surface area contributed by atoms with Crippen molar-refractivity contribution in [3.63, 3.8) is 0 Å². The molecule has 3 heterocycles. The number of nitrogens with zero attached hydrogens (tertiary/aromatic N) is 2. The normalized spacial score (nSPS) is 14.2. The number of para-hydroxylation sites is 2. The maximum atomic E-state index is 2.53. The van der Waals surface area contributed by atoms with Gasteiger partial charge < -0.3 is 9.13 Å². The Labute approximate surface area is 384 Å². The van der Waals surface area contributed by atoms with Crippen LogP contribution < -0.4 is 0 Å². The molecule has 0 N–H and O–H groups in total. The zero-order valence-electron chi connectivity index (χ0n) is 36.8. The molecule has 2 nitrogen and oxygen atoms in total. The van der Waals surface area contributed by atoms with E-state index in [0.29, 0.717) is 0 Å². The number of rotatable bonds is 5. The lowest BCUT2D eigenvalue weighted by Crippen LogP contribution is -2.35. The summed E-state index contributed by atoms with van der Waals surface area (Å²) in [5.74, 6) is 0. The quantitative estimate of drug-likeness (QED) is 0.163. The summed E-state index contributed by atoms with van der Waals surface area (Å²) in [6.07, 6.45) is 0. The Bertz CT molecular complexity index is 3900. The van der Waals surface area contributed by atoms with E-state index in [1.807, 2.05) is 0 Å². The van der Waals surface area contributed by atoms with Crippen molar-refractivity contribution in [3.8, 4) is 44.8 Å². The minimum absolute atomic E-state index is 0.0942. The predicted molar refractivity (Wildman–Crippen MR) is 275 cm³/mol. The van der Waals surface area contributed by atoms with Gasteiger partial charge in [0.1, 0.15) is 0 Å². The van der Waals surface area contributed by atoms with E-state index in [1.54, 1.807) is 0 Å². The number of hydrogen-bond donors (Lipinski definition) is 0. The van der Waals surface area contributed by atoms with Crippen molar-refractivity contribution in [2.45, 2.75) is 24.7 Å². The Balaban J connectivity index is 0.989. The van der Waals surface area contributed by atoms with Gasteiger partial charge in [0.05, 0.1) is 33.2 Å². The summed E-state index contributed by atoms with van der Waals surface area (Å²) in [4.78, 5) is 0. The molecule has 66 heavy (non-hydrogen) atoms. The predicted octanol–water partition coefficient (Wildman–Crippen LogP) is 16.2. The third-order valence-electron chi connectivity index (χ3n) is 15.2. The molecule has 1 aliphatic heterocycles. The highest BCUT2D eigenvalue weighted by Gasteiger charge is 2.45. The van der Waals surface area contributed by atoms with Crippen LogP contribution in [0.2, 0.25) is 0 Å². The Morgan fingerprint density at radius 2 is 0.818 bits per heavy atom. The zero-order chi connectivity index (χ0) is 43.7. The molecule has 2 aromatic heterocycles. The van der Waals surface area contributed by atoms with Gasteiger partial charge in [0, 0.05) is 32.6 Å². The molecule has 12 aromatic rings. The maximum absolute atomic E-state index is 2.53. The molecule has 0 atom stereocenters. The van der Waals surface area contributed by atoms with Crippen LogP contribution in [0.5, 0.6) is 0 Å². The van der Waals surface area contributed by atoms with Gasteiger partial charge >= 0.3 is 0 Å². The molecule has 0 saturated carbocycles. The number of benzene rings is 10. The fourth-order valence-electron chi connectivity index (χ4n) is 12.2. The van der Waals surface area contributed by atoms with E-state index in [2.05, 4.69) is 254 Å².